The van der Waals surface area contributed by atoms with Crippen molar-refractivity contribution in [2.45, 2.75) is 52.0 Å². The predicted octanol–water partition coefficient (Wildman–Crippen LogP) is 2.99. The average Bonchev–Trinajstić information content (AvgIpc) is 2.48. The summed E-state index contributed by atoms with van der Waals surface area (Å²) in [6, 6.07) is 10.8. The largest absolute Gasteiger partial charge is 0.342 e. The molecule has 1 amide bonds. The number of likely N-dealkylation sites (tertiary alicyclic amines) is 1. The number of rotatable bonds is 5. The second kappa shape index (κ2) is 7.08. The van der Waals surface area contributed by atoms with Crippen LogP contribution in [0.4, 0.5) is 0 Å². The highest BCUT2D eigenvalue weighted by Crippen LogP contribution is 2.27. The van der Waals surface area contributed by atoms with Crippen LogP contribution in [0.3, 0.4) is 0 Å². The average molecular weight is 288 g/mol. The van der Waals surface area contributed by atoms with E-state index < -0.39 is 0 Å². The zero-order valence-electron chi connectivity index (χ0n) is 13.3. The fourth-order valence-electron chi connectivity index (χ4n) is 3.02. The molecule has 2 N–H and O–H groups in total. The summed E-state index contributed by atoms with van der Waals surface area (Å²) in [4.78, 5) is 14.7. The van der Waals surface area contributed by atoms with Gasteiger partial charge >= 0.3 is 0 Å². The van der Waals surface area contributed by atoms with Gasteiger partial charge in [0.05, 0.1) is 0 Å². The Morgan fingerprint density at radius 1 is 1.24 bits per heavy atom. The maximum absolute atomic E-state index is 12.7. The van der Waals surface area contributed by atoms with E-state index in [1.165, 1.54) is 5.56 Å². The van der Waals surface area contributed by atoms with E-state index in [1.807, 2.05) is 11.0 Å². The molecule has 0 saturated carbocycles. The number of aryl methyl sites for hydroxylation is 1. The molecule has 1 aliphatic rings. The maximum Gasteiger partial charge on any atom is 0.228 e. The van der Waals surface area contributed by atoms with Crippen molar-refractivity contribution >= 4 is 5.91 Å². The molecular weight excluding hydrogens is 260 g/mol. The van der Waals surface area contributed by atoms with Gasteiger partial charge in [0.1, 0.15) is 0 Å². The van der Waals surface area contributed by atoms with Crippen LogP contribution in [0.2, 0.25) is 0 Å². The van der Waals surface area contributed by atoms with Crippen LogP contribution in [0.5, 0.6) is 0 Å². The Morgan fingerprint density at radius 3 is 2.48 bits per heavy atom. The van der Waals surface area contributed by atoms with Crippen LogP contribution < -0.4 is 5.73 Å². The number of piperidine rings is 1. The van der Waals surface area contributed by atoms with Crippen molar-refractivity contribution in [2.75, 3.05) is 13.1 Å². The fourth-order valence-corrected chi connectivity index (χ4v) is 3.02. The molecule has 1 aliphatic heterocycles. The van der Waals surface area contributed by atoms with Crippen molar-refractivity contribution < 1.29 is 4.79 Å². The van der Waals surface area contributed by atoms with Gasteiger partial charge in [-0.3, -0.25) is 4.79 Å². The third-order valence-electron chi connectivity index (χ3n) is 4.52. The lowest BCUT2D eigenvalue weighted by molar-refractivity contribution is -0.141. The SMILES string of the molecule is CC(C)(CCCc1ccccc1)C(=O)N1CCC(N)CC1. The van der Waals surface area contributed by atoms with E-state index in [9.17, 15) is 4.79 Å². The van der Waals surface area contributed by atoms with E-state index in [0.29, 0.717) is 5.91 Å². The van der Waals surface area contributed by atoms with E-state index >= 15 is 0 Å². The number of amides is 1. The molecule has 2 rings (SSSR count). The van der Waals surface area contributed by atoms with Crippen molar-refractivity contribution in [3.8, 4) is 0 Å². The van der Waals surface area contributed by atoms with Crippen molar-refractivity contribution in [1.29, 1.82) is 0 Å². The number of nitrogens with two attached hydrogens (primary N) is 1. The van der Waals surface area contributed by atoms with Crippen LogP contribution in [0.1, 0.15) is 45.1 Å². The Balaban J connectivity index is 1.81. The minimum absolute atomic E-state index is 0.268. The minimum Gasteiger partial charge on any atom is -0.342 e. The van der Waals surface area contributed by atoms with Crippen LogP contribution in [-0.4, -0.2) is 29.9 Å². The molecular formula is C18H28N2O. The highest BCUT2D eigenvalue weighted by atomic mass is 16.2. The number of carbonyl (C=O) groups is 1. The standard InChI is InChI=1S/C18H28N2O/c1-18(2,12-6-9-15-7-4-3-5-8-15)17(21)20-13-10-16(19)11-14-20/h3-5,7-8,16H,6,9-14,19H2,1-2H3. The number of hydrogen-bond acceptors (Lipinski definition) is 2. The first-order valence-corrected chi connectivity index (χ1v) is 8.08. The van der Waals surface area contributed by atoms with Gasteiger partial charge in [0.25, 0.3) is 0 Å². The third-order valence-corrected chi connectivity index (χ3v) is 4.52. The Kier molecular flexibility index (Phi) is 5.40. The molecule has 0 radical (unpaired) electrons. The molecule has 1 aromatic carbocycles. The summed E-state index contributed by atoms with van der Waals surface area (Å²) >= 11 is 0. The van der Waals surface area contributed by atoms with Crippen LogP contribution in [0, 0.1) is 5.41 Å². The van der Waals surface area contributed by atoms with Gasteiger partial charge in [-0.25, -0.2) is 0 Å². The topological polar surface area (TPSA) is 46.3 Å². The highest BCUT2D eigenvalue weighted by molar-refractivity contribution is 5.82. The molecule has 3 nitrogen and oxygen atoms in total. The third kappa shape index (κ3) is 4.57. The Morgan fingerprint density at radius 2 is 1.86 bits per heavy atom. The molecule has 3 heteroatoms. The lowest BCUT2D eigenvalue weighted by atomic mass is 9.84. The van der Waals surface area contributed by atoms with Crippen LogP contribution in [-0.2, 0) is 11.2 Å². The lowest BCUT2D eigenvalue weighted by Gasteiger charge is -2.36. The summed E-state index contributed by atoms with van der Waals surface area (Å²) in [7, 11) is 0. The minimum atomic E-state index is -0.268. The molecule has 0 bridgehead atoms. The zero-order chi connectivity index (χ0) is 15.3. The Labute approximate surface area is 128 Å². The van der Waals surface area contributed by atoms with Crippen LogP contribution >= 0.6 is 0 Å². The van der Waals surface area contributed by atoms with Crippen LogP contribution in [0.15, 0.2) is 30.3 Å². The van der Waals surface area contributed by atoms with E-state index in [-0.39, 0.29) is 11.5 Å². The second-order valence-electron chi connectivity index (χ2n) is 6.85. The lowest BCUT2D eigenvalue weighted by Crippen LogP contribution is -2.47. The van der Waals surface area contributed by atoms with Gasteiger partial charge in [0.15, 0.2) is 0 Å². The molecule has 0 aliphatic carbocycles. The van der Waals surface area contributed by atoms with E-state index in [0.717, 1.165) is 45.2 Å². The quantitative estimate of drug-likeness (QED) is 0.905. The summed E-state index contributed by atoms with van der Waals surface area (Å²) in [6.07, 6.45) is 4.90. The Bertz CT molecular complexity index is 448. The number of carbonyl (C=O) groups excluding carboxylic acids is 1. The molecule has 21 heavy (non-hydrogen) atoms. The highest BCUT2D eigenvalue weighted by Gasteiger charge is 2.32. The first-order valence-electron chi connectivity index (χ1n) is 8.08. The molecule has 0 aromatic heterocycles. The van der Waals surface area contributed by atoms with Crippen molar-refractivity contribution in [3.05, 3.63) is 35.9 Å². The van der Waals surface area contributed by atoms with Gasteiger partial charge in [-0.1, -0.05) is 44.2 Å². The van der Waals surface area contributed by atoms with Gasteiger partial charge in [0, 0.05) is 24.5 Å². The summed E-state index contributed by atoms with van der Waals surface area (Å²) in [5.41, 5.74) is 7.00. The second-order valence-corrected chi connectivity index (χ2v) is 6.85. The first-order chi connectivity index (χ1) is 9.99. The molecule has 1 aromatic rings. The smallest absolute Gasteiger partial charge is 0.228 e. The van der Waals surface area contributed by atoms with Gasteiger partial charge < -0.3 is 10.6 Å². The van der Waals surface area contributed by atoms with Crippen molar-refractivity contribution in [3.63, 3.8) is 0 Å². The van der Waals surface area contributed by atoms with Crippen molar-refractivity contribution in [2.24, 2.45) is 11.1 Å². The fraction of sp³-hybridized carbons (Fsp3) is 0.611. The summed E-state index contributed by atoms with van der Waals surface area (Å²) in [5, 5.41) is 0. The van der Waals surface area contributed by atoms with E-state index in [4.69, 9.17) is 5.73 Å². The van der Waals surface area contributed by atoms with E-state index in [2.05, 4.69) is 38.1 Å². The predicted molar refractivity (Wildman–Crippen MR) is 87.0 cm³/mol. The molecule has 0 atom stereocenters. The number of hydrogen-bond donors (Lipinski definition) is 1. The molecule has 1 saturated heterocycles. The van der Waals surface area contributed by atoms with Gasteiger partial charge in [-0.2, -0.15) is 0 Å². The van der Waals surface area contributed by atoms with Crippen molar-refractivity contribution in [1.82, 2.24) is 4.90 Å². The normalized spacial score (nSPS) is 17.0. The maximum atomic E-state index is 12.7. The van der Waals surface area contributed by atoms with E-state index in [1.54, 1.807) is 0 Å². The van der Waals surface area contributed by atoms with Gasteiger partial charge in [-0.15, -0.1) is 0 Å². The Hall–Kier alpha value is -1.35. The summed E-state index contributed by atoms with van der Waals surface area (Å²) < 4.78 is 0. The first kappa shape index (κ1) is 16.0. The molecule has 116 valence electrons. The molecule has 0 unspecified atom stereocenters. The summed E-state index contributed by atoms with van der Waals surface area (Å²) in [5.74, 6) is 0.294. The molecule has 0 spiro atoms. The molecule has 1 heterocycles. The number of nitrogens with zero attached hydrogens (tertiary/aromatic N) is 1. The number of benzene rings is 1. The van der Waals surface area contributed by atoms with Crippen LogP contribution in [0.25, 0.3) is 0 Å². The van der Waals surface area contributed by atoms with Gasteiger partial charge in [0.2, 0.25) is 5.91 Å². The molecule has 1 fully saturated rings. The summed E-state index contributed by atoms with van der Waals surface area (Å²) in [6.45, 7) is 5.80. The zero-order valence-corrected chi connectivity index (χ0v) is 13.3. The monoisotopic (exact) mass is 288 g/mol. The van der Waals surface area contributed by atoms with Gasteiger partial charge in [-0.05, 0) is 37.7 Å².